The van der Waals surface area contributed by atoms with Crippen molar-refractivity contribution in [2.24, 2.45) is 0 Å². The minimum atomic E-state index is -0.705. The number of hydrazine groups is 1. The minimum absolute atomic E-state index is 0.124. The number of nitrogens with one attached hydrogen (secondary N) is 2. The lowest BCUT2D eigenvalue weighted by Gasteiger charge is -2.10. The number of rotatable bonds is 5. The summed E-state index contributed by atoms with van der Waals surface area (Å²) in [6.07, 6.45) is 8.61. The lowest BCUT2D eigenvalue weighted by atomic mass is 10.2. The molecule has 0 atom stereocenters. The Morgan fingerprint density at radius 3 is 3.05 bits per heavy atom. The van der Waals surface area contributed by atoms with Gasteiger partial charge in [-0.25, -0.2) is 0 Å². The Kier molecular flexibility index (Phi) is 4.64. The zero-order chi connectivity index (χ0) is 14.4. The van der Waals surface area contributed by atoms with Gasteiger partial charge in [-0.1, -0.05) is 17.5 Å². The van der Waals surface area contributed by atoms with Crippen molar-refractivity contribution in [1.29, 1.82) is 0 Å². The van der Waals surface area contributed by atoms with E-state index in [-0.39, 0.29) is 12.5 Å². The van der Waals surface area contributed by atoms with Crippen LogP contribution in [-0.4, -0.2) is 25.6 Å². The van der Waals surface area contributed by atoms with Crippen molar-refractivity contribution in [1.82, 2.24) is 25.6 Å². The molecule has 1 heterocycles. The first-order chi connectivity index (χ1) is 9.65. The molecule has 0 spiro atoms. The summed E-state index contributed by atoms with van der Waals surface area (Å²) in [6.45, 7) is -0.124. The fourth-order valence-corrected chi connectivity index (χ4v) is 1.91. The number of carbonyl (C=O) groups is 1. The van der Waals surface area contributed by atoms with Gasteiger partial charge in [-0.05, 0) is 30.6 Å². The smallest absolute Gasteiger partial charge is 0.390 e. The van der Waals surface area contributed by atoms with E-state index in [2.05, 4.69) is 27.0 Å². The summed E-state index contributed by atoms with van der Waals surface area (Å²) >= 11 is 0. The van der Waals surface area contributed by atoms with E-state index in [0.717, 1.165) is 36.0 Å². The van der Waals surface area contributed by atoms with Gasteiger partial charge in [-0.3, -0.25) is 10.2 Å². The molecular weight excluding hydrogens is 264 g/mol. The van der Waals surface area contributed by atoms with Crippen LogP contribution in [0.15, 0.2) is 18.1 Å². The number of nitro groups is 1. The molecule has 0 saturated carbocycles. The van der Waals surface area contributed by atoms with Gasteiger partial charge in [0.2, 0.25) is 6.33 Å². The van der Waals surface area contributed by atoms with E-state index in [1.807, 2.05) is 0 Å². The number of hydrogen-bond donors (Lipinski definition) is 2. The van der Waals surface area contributed by atoms with Crippen molar-refractivity contribution >= 4 is 11.9 Å². The largest absolute Gasteiger partial charge is 0.490 e. The predicted octanol–water partition coefficient (Wildman–Crippen LogP) is 0.655. The Labute approximate surface area is 115 Å². The van der Waals surface area contributed by atoms with Crippen molar-refractivity contribution < 1.29 is 9.72 Å². The SMILES string of the molecule is O=C(Cn1cnc([N+](=O)[O-])n1)NNC1=CCCCCC1. The van der Waals surface area contributed by atoms with Gasteiger partial charge in [0.1, 0.15) is 6.54 Å². The predicted molar refractivity (Wildman–Crippen MR) is 69.1 cm³/mol. The molecule has 0 unspecified atom stereocenters. The van der Waals surface area contributed by atoms with Crippen LogP contribution < -0.4 is 10.9 Å². The van der Waals surface area contributed by atoms with Crippen molar-refractivity contribution in [3.05, 3.63) is 28.2 Å². The molecule has 9 heteroatoms. The van der Waals surface area contributed by atoms with E-state index >= 15 is 0 Å². The van der Waals surface area contributed by atoms with Gasteiger partial charge in [0.25, 0.3) is 5.91 Å². The highest BCUT2D eigenvalue weighted by atomic mass is 16.6. The zero-order valence-electron chi connectivity index (χ0n) is 10.9. The second-order valence-electron chi connectivity index (χ2n) is 4.50. The molecule has 2 N–H and O–H groups in total. The molecule has 1 aromatic heterocycles. The van der Waals surface area contributed by atoms with Crippen LogP contribution in [0.3, 0.4) is 0 Å². The Hall–Kier alpha value is -2.45. The van der Waals surface area contributed by atoms with Gasteiger partial charge in [-0.2, -0.15) is 4.68 Å². The molecule has 0 aliphatic heterocycles. The van der Waals surface area contributed by atoms with Crippen molar-refractivity contribution in [3.63, 3.8) is 0 Å². The Morgan fingerprint density at radius 2 is 2.30 bits per heavy atom. The van der Waals surface area contributed by atoms with Crippen molar-refractivity contribution in [2.45, 2.75) is 38.6 Å². The fraction of sp³-hybridized carbons (Fsp3) is 0.545. The highest BCUT2D eigenvalue weighted by Gasteiger charge is 2.15. The third-order valence-corrected chi connectivity index (χ3v) is 2.90. The van der Waals surface area contributed by atoms with Gasteiger partial charge < -0.3 is 15.5 Å². The second kappa shape index (κ2) is 6.64. The van der Waals surface area contributed by atoms with E-state index < -0.39 is 10.9 Å². The average molecular weight is 280 g/mol. The van der Waals surface area contributed by atoms with Crippen molar-refractivity contribution in [2.75, 3.05) is 0 Å². The summed E-state index contributed by atoms with van der Waals surface area (Å²) in [7, 11) is 0. The van der Waals surface area contributed by atoms with Gasteiger partial charge in [0.05, 0.1) is 0 Å². The van der Waals surface area contributed by atoms with E-state index in [4.69, 9.17) is 0 Å². The fourth-order valence-electron chi connectivity index (χ4n) is 1.91. The summed E-state index contributed by atoms with van der Waals surface area (Å²) in [5.41, 5.74) is 6.43. The molecule has 2 rings (SSSR count). The van der Waals surface area contributed by atoms with Crippen LogP contribution in [0.5, 0.6) is 0 Å². The summed E-state index contributed by atoms with van der Waals surface area (Å²) in [5, 5.41) is 14.0. The zero-order valence-corrected chi connectivity index (χ0v) is 10.9. The monoisotopic (exact) mass is 280 g/mol. The number of allylic oxidation sites excluding steroid dienone is 2. The normalized spacial score (nSPS) is 15.1. The maximum absolute atomic E-state index is 11.7. The summed E-state index contributed by atoms with van der Waals surface area (Å²) in [5.74, 6) is -0.854. The van der Waals surface area contributed by atoms with E-state index in [9.17, 15) is 14.9 Å². The first-order valence-corrected chi connectivity index (χ1v) is 6.43. The molecule has 0 bridgehead atoms. The quantitative estimate of drug-likeness (QED) is 0.604. The number of aromatic nitrogens is 3. The number of hydrogen-bond acceptors (Lipinski definition) is 6. The van der Waals surface area contributed by atoms with E-state index in [1.54, 1.807) is 0 Å². The lowest BCUT2D eigenvalue weighted by Crippen LogP contribution is -2.38. The third kappa shape index (κ3) is 4.04. The van der Waals surface area contributed by atoms with Crippen LogP contribution in [0.25, 0.3) is 0 Å². The molecule has 0 fully saturated rings. The summed E-state index contributed by atoms with van der Waals surface area (Å²) in [4.78, 5) is 24.8. The maximum Gasteiger partial charge on any atom is 0.490 e. The van der Waals surface area contributed by atoms with E-state index in [0.29, 0.717) is 0 Å². The molecule has 1 aliphatic carbocycles. The highest BCUT2D eigenvalue weighted by molar-refractivity contribution is 5.75. The Morgan fingerprint density at radius 1 is 1.45 bits per heavy atom. The van der Waals surface area contributed by atoms with E-state index in [1.165, 1.54) is 12.8 Å². The Balaban J connectivity index is 1.79. The van der Waals surface area contributed by atoms with Crippen LogP contribution in [-0.2, 0) is 11.3 Å². The molecule has 9 nitrogen and oxygen atoms in total. The molecule has 1 aromatic rings. The molecule has 1 amide bonds. The highest BCUT2D eigenvalue weighted by Crippen LogP contribution is 2.14. The van der Waals surface area contributed by atoms with Crippen LogP contribution in [0.4, 0.5) is 5.95 Å². The molecule has 1 aliphatic rings. The van der Waals surface area contributed by atoms with Gasteiger partial charge >= 0.3 is 5.95 Å². The molecular formula is C11H16N6O3. The van der Waals surface area contributed by atoms with Gasteiger partial charge in [-0.15, -0.1) is 0 Å². The van der Waals surface area contributed by atoms with Crippen LogP contribution >= 0.6 is 0 Å². The topological polar surface area (TPSA) is 115 Å². The average Bonchev–Trinajstić information content (AvgIpc) is 2.72. The van der Waals surface area contributed by atoms with Crippen molar-refractivity contribution in [3.8, 4) is 0 Å². The van der Waals surface area contributed by atoms with Gasteiger partial charge in [0.15, 0.2) is 0 Å². The third-order valence-electron chi connectivity index (χ3n) is 2.90. The molecule has 20 heavy (non-hydrogen) atoms. The van der Waals surface area contributed by atoms with Crippen LogP contribution in [0, 0.1) is 10.1 Å². The van der Waals surface area contributed by atoms with Crippen LogP contribution in [0.2, 0.25) is 0 Å². The number of carbonyl (C=O) groups excluding carboxylic acids is 1. The first kappa shape index (κ1) is 14.0. The van der Waals surface area contributed by atoms with Crippen LogP contribution in [0.1, 0.15) is 32.1 Å². The number of amides is 1. The second-order valence-corrected chi connectivity index (χ2v) is 4.50. The molecule has 0 saturated heterocycles. The first-order valence-electron chi connectivity index (χ1n) is 6.43. The minimum Gasteiger partial charge on any atom is -0.390 e. The summed E-state index contributed by atoms with van der Waals surface area (Å²) in [6, 6.07) is 0. The molecule has 0 aromatic carbocycles. The standard InChI is InChI=1S/C11H16N6O3/c18-10(7-16-8-12-11(15-16)17(19)20)14-13-9-5-3-1-2-4-6-9/h5,8,13H,1-4,6-7H2,(H,14,18). The van der Waals surface area contributed by atoms with Gasteiger partial charge in [0, 0.05) is 10.8 Å². The Bertz CT molecular complexity index is 524. The molecule has 0 radical (unpaired) electrons. The summed E-state index contributed by atoms with van der Waals surface area (Å²) < 4.78 is 1.12. The maximum atomic E-state index is 11.7. The molecule has 108 valence electrons. The lowest BCUT2D eigenvalue weighted by molar-refractivity contribution is -0.394. The number of nitrogens with zero attached hydrogens (tertiary/aromatic N) is 4.